The van der Waals surface area contributed by atoms with Gasteiger partial charge in [0.05, 0.1) is 0 Å². The smallest absolute Gasteiger partial charge is 0.311 e. The zero-order valence-corrected chi connectivity index (χ0v) is 7.18. The van der Waals surface area contributed by atoms with Crippen LogP contribution < -0.4 is 5.32 Å². The van der Waals surface area contributed by atoms with Crippen molar-refractivity contribution in [1.29, 1.82) is 0 Å². The molecule has 0 unspecified atom stereocenters. The molecule has 0 radical (unpaired) electrons. The highest BCUT2D eigenvalue weighted by atomic mass is 16.2. The average Bonchev–Trinajstić information content (AvgIpc) is 1.98. The van der Waals surface area contributed by atoms with Gasteiger partial charge in [0.15, 0.2) is 0 Å². The Kier molecular flexibility index (Phi) is 4.26. The molecule has 0 bridgehead atoms. The molecule has 0 aromatic carbocycles. The molecule has 0 rings (SSSR count). The molecule has 1 N–H and O–H groups in total. The maximum Gasteiger partial charge on any atom is 0.311 e. The largest absolute Gasteiger partial charge is 0.348 e. The molecular formula is C7H14N2O2. The molecule has 0 heterocycles. The Morgan fingerprint density at radius 2 is 1.91 bits per heavy atom. The lowest BCUT2D eigenvalue weighted by molar-refractivity contribution is -0.144. The fourth-order valence-electron chi connectivity index (χ4n) is 0.517. The average molecular weight is 158 g/mol. The molecule has 64 valence electrons. The molecule has 0 aliphatic heterocycles. The molecule has 0 spiro atoms. The van der Waals surface area contributed by atoms with Gasteiger partial charge in [0.25, 0.3) is 0 Å². The molecule has 0 saturated carbocycles. The molecule has 11 heavy (non-hydrogen) atoms. The molecule has 0 atom stereocenters. The van der Waals surface area contributed by atoms with Gasteiger partial charge in [0.2, 0.25) is 0 Å². The number of likely N-dealkylation sites (N-methyl/N-ethyl adjacent to an activating group) is 1. The summed E-state index contributed by atoms with van der Waals surface area (Å²) in [5.41, 5.74) is 0. The molecule has 4 heteroatoms. The molecule has 2 amide bonds. The first kappa shape index (κ1) is 9.94. The van der Waals surface area contributed by atoms with E-state index < -0.39 is 11.8 Å². The summed E-state index contributed by atoms with van der Waals surface area (Å²) >= 11 is 0. The van der Waals surface area contributed by atoms with Gasteiger partial charge in [-0.3, -0.25) is 9.59 Å². The lowest BCUT2D eigenvalue weighted by Gasteiger charge is -2.08. The SMILES string of the molecule is CCCNC(=O)C(=O)N(C)C. The highest BCUT2D eigenvalue weighted by molar-refractivity contribution is 6.34. The number of rotatable bonds is 2. The van der Waals surface area contributed by atoms with Crippen LogP contribution in [0.2, 0.25) is 0 Å². The second-order valence-corrected chi connectivity index (χ2v) is 2.46. The van der Waals surface area contributed by atoms with E-state index in [-0.39, 0.29) is 0 Å². The second kappa shape index (κ2) is 4.71. The third-order valence-electron chi connectivity index (χ3n) is 1.14. The molecule has 0 saturated heterocycles. The predicted octanol–water partition coefficient (Wildman–Crippen LogP) is -0.399. The number of hydrogen-bond acceptors (Lipinski definition) is 2. The number of amides is 2. The number of nitrogens with zero attached hydrogens (tertiary/aromatic N) is 1. The molecular weight excluding hydrogens is 144 g/mol. The molecule has 0 aliphatic rings. The van der Waals surface area contributed by atoms with Crippen LogP contribution in [0.4, 0.5) is 0 Å². The summed E-state index contributed by atoms with van der Waals surface area (Å²) in [6, 6.07) is 0. The van der Waals surface area contributed by atoms with Crippen LogP contribution in [-0.2, 0) is 9.59 Å². The maximum absolute atomic E-state index is 10.9. The first-order chi connectivity index (χ1) is 5.09. The Balaban J connectivity index is 3.75. The van der Waals surface area contributed by atoms with Crippen LogP contribution >= 0.6 is 0 Å². The predicted molar refractivity (Wildman–Crippen MR) is 42.0 cm³/mol. The summed E-state index contributed by atoms with van der Waals surface area (Å²) in [5, 5.41) is 2.48. The van der Waals surface area contributed by atoms with Gasteiger partial charge in [-0.05, 0) is 6.42 Å². The lowest BCUT2D eigenvalue weighted by atomic mass is 10.4. The number of carbonyl (C=O) groups excluding carboxylic acids is 2. The van der Waals surface area contributed by atoms with E-state index in [1.54, 1.807) is 14.1 Å². The minimum absolute atomic E-state index is 0.501. The van der Waals surface area contributed by atoms with E-state index >= 15 is 0 Å². The Bertz CT molecular complexity index is 155. The van der Waals surface area contributed by atoms with E-state index in [1.807, 2.05) is 6.92 Å². The van der Waals surface area contributed by atoms with Crippen molar-refractivity contribution in [2.45, 2.75) is 13.3 Å². The van der Waals surface area contributed by atoms with E-state index in [1.165, 1.54) is 4.90 Å². The Morgan fingerprint density at radius 3 is 2.27 bits per heavy atom. The first-order valence-corrected chi connectivity index (χ1v) is 3.59. The molecule has 0 fully saturated rings. The van der Waals surface area contributed by atoms with Crippen LogP contribution in [0, 0.1) is 0 Å². The number of hydrogen-bond donors (Lipinski definition) is 1. The van der Waals surface area contributed by atoms with E-state index in [2.05, 4.69) is 5.32 Å². The van der Waals surface area contributed by atoms with Gasteiger partial charge in [-0.2, -0.15) is 0 Å². The molecule has 0 aromatic rings. The van der Waals surface area contributed by atoms with Crippen molar-refractivity contribution in [3.8, 4) is 0 Å². The van der Waals surface area contributed by atoms with Crippen LogP contribution in [0.15, 0.2) is 0 Å². The molecule has 4 nitrogen and oxygen atoms in total. The zero-order valence-electron chi connectivity index (χ0n) is 7.18. The molecule has 0 aromatic heterocycles. The summed E-state index contributed by atoms with van der Waals surface area (Å²) in [5.74, 6) is -1.03. The van der Waals surface area contributed by atoms with Crippen molar-refractivity contribution < 1.29 is 9.59 Å². The van der Waals surface area contributed by atoms with Gasteiger partial charge in [-0.15, -0.1) is 0 Å². The fourth-order valence-corrected chi connectivity index (χ4v) is 0.517. The van der Waals surface area contributed by atoms with Gasteiger partial charge in [0, 0.05) is 20.6 Å². The molecule has 0 aliphatic carbocycles. The van der Waals surface area contributed by atoms with Gasteiger partial charge < -0.3 is 10.2 Å². The summed E-state index contributed by atoms with van der Waals surface area (Å²) in [4.78, 5) is 23.0. The monoisotopic (exact) mass is 158 g/mol. The Hall–Kier alpha value is -1.06. The van der Waals surface area contributed by atoms with Crippen LogP contribution in [0.1, 0.15) is 13.3 Å². The Labute approximate surface area is 66.6 Å². The quantitative estimate of drug-likeness (QED) is 0.556. The zero-order chi connectivity index (χ0) is 8.85. The van der Waals surface area contributed by atoms with E-state index in [9.17, 15) is 9.59 Å². The van der Waals surface area contributed by atoms with Gasteiger partial charge in [-0.1, -0.05) is 6.92 Å². The number of carbonyl (C=O) groups is 2. The fraction of sp³-hybridized carbons (Fsp3) is 0.714. The van der Waals surface area contributed by atoms with Gasteiger partial charge in [0.1, 0.15) is 0 Å². The first-order valence-electron chi connectivity index (χ1n) is 3.59. The van der Waals surface area contributed by atoms with E-state index in [0.29, 0.717) is 6.54 Å². The van der Waals surface area contributed by atoms with Crippen LogP contribution in [0.25, 0.3) is 0 Å². The maximum atomic E-state index is 10.9. The summed E-state index contributed by atoms with van der Waals surface area (Å²) < 4.78 is 0. The van der Waals surface area contributed by atoms with Crippen LogP contribution in [0.3, 0.4) is 0 Å². The van der Waals surface area contributed by atoms with E-state index in [4.69, 9.17) is 0 Å². The number of nitrogens with one attached hydrogen (secondary N) is 1. The van der Waals surface area contributed by atoms with Gasteiger partial charge >= 0.3 is 11.8 Å². The van der Waals surface area contributed by atoms with Crippen molar-refractivity contribution in [2.75, 3.05) is 20.6 Å². The van der Waals surface area contributed by atoms with Crippen molar-refractivity contribution in [3.63, 3.8) is 0 Å². The summed E-state index contributed by atoms with van der Waals surface area (Å²) in [7, 11) is 3.10. The van der Waals surface area contributed by atoms with Crippen LogP contribution in [0.5, 0.6) is 0 Å². The summed E-state index contributed by atoms with van der Waals surface area (Å²) in [6.07, 6.45) is 0.840. The van der Waals surface area contributed by atoms with Crippen molar-refractivity contribution in [3.05, 3.63) is 0 Å². The highest BCUT2D eigenvalue weighted by Crippen LogP contribution is 1.79. The Morgan fingerprint density at radius 1 is 1.36 bits per heavy atom. The minimum Gasteiger partial charge on any atom is -0.348 e. The third kappa shape index (κ3) is 3.60. The van der Waals surface area contributed by atoms with Crippen molar-refractivity contribution in [2.24, 2.45) is 0 Å². The second-order valence-electron chi connectivity index (χ2n) is 2.46. The van der Waals surface area contributed by atoms with Crippen LogP contribution in [-0.4, -0.2) is 37.4 Å². The van der Waals surface area contributed by atoms with Crippen molar-refractivity contribution in [1.82, 2.24) is 10.2 Å². The normalized spacial score (nSPS) is 9.00. The minimum atomic E-state index is -0.531. The highest BCUT2D eigenvalue weighted by Gasteiger charge is 2.13. The topological polar surface area (TPSA) is 49.4 Å². The van der Waals surface area contributed by atoms with Gasteiger partial charge in [-0.25, -0.2) is 0 Å². The lowest BCUT2D eigenvalue weighted by Crippen LogP contribution is -2.39. The standard InChI is InChI=1S/C7H14N2O2/c1-4-5-8-6(10)7(11)9(2)3/h4-5H2,1-3H3,(H,8,10). The van der Waals surface area contributed by atoms with E-state index in [0.717, 1.165) is 6.42 Å². The summed E-state index contributed by atoms with van der Waals surface area (Å²) in [6.45, 7) is 2.48. The third-order valence-corrected chi connectivity index (χ3v) is 1.14. The van der Waals surface area contributed by atoms with Crippen molar-refractivity contribution >= 4 is 11.8 Å².